The van der Waals surface area contributed by atoms with Gasteiger partial charge in [-0.05, 0) is 91.4 Å². The van der Waals surface area contributed by atoms with Crippen molar-refractivity contribution in [1.29, 1.82) is 0 Å². The summed E-state index contributed by atoms with van der Waals surface area (Å²) in [5.74, 6) is -1.82. The Labute approximate surface area is 252 Å². The van der Waals surface area contributed by atoms with E-state index in [-0.39, 0.29) is 17.5 Å². The van der Waals surface area contributed by atoms with Gasteiger partial charge in [0.25, 0.3) is 11.8 Å². The van der Waals surface area contributed by atoms with Crippen molar-refractivity contribution in [1.82, 2.24) is 5.32 Å². The van der Waals surface area contributed by atoms with Gasteiger partial charge in [0.2, 0.25) is 11.8 Å². The molecular formula is C33H29FN4O4S. The minimum atomic E-state index is -0.564. The second-order valence-electron chi connectivity index (χ2n) is 9.42. The van der Waals surface area contributed by atoms with Crippen molar-refractivity contribution in [2.45, 2.75) is 24.0 Å². The number of thioether (sulfide) groups is 1. The van der Waals surface area contributed by atoms with E-state index in [1.54, 1.807) is 85.8 Å². The van der Waals surface area contributed by atoms with Crippen LogP contribution in [-0.2, 0) is 14.4 Å². The highest BCUT2D eigenvalue weighted by molar-refractivity contribution is 8.00. The van der Waals surface area contributed by atoms with E-state index in [0.717, 1.165) is 4.90 Å². The number of halogens is 1. The molecule has 0 aromatic heterocycles. The van der Waals surface area contributed by atoms with E-state index in [4.69, 9.17) is 0 Å². The molecule has 0 aliphatic carbocycles. The number of nitrogens with one attached hydrogen (secondary N) is 4. The monoisotopic (exact) mass is 596 g/mol. The van der Waals surface area contributed by atoms with Crippen molar-refractivity contribution >= 4 is 58.5 Å². The Hall–Kier alpha value is -5.22. The first-order valence-electron chi connectivity index (χ1n) is 13.3. The summed E-state index contributed by atoms with van der Waals surface area (Å²) in [5, 5.41) is 10.5. The molecule has 0 saturated carbocycles. The molecule has 0 aliphatic rings. The van der Waals surface area contributed by atoms with Crippen LogP contribution in [-0.4, -0.2) is 28.9 Å². The van der Waals surface area contributed by atoms with E-state index in [1.165, 1.54) is 49.0 Å². The number of rotatable bonds is 10. The maximum Gasteiger partial charge on any atom is 0.272 e. The molecule has 0 radical (unpaired) electrons. The fourth-order valence-electron chi connectivity index (χ4n) is 3.83. The summed E-state index contributed by atoms with van der Waals surface area (Å²) in [6.45, 7) is 3.20. The van der Waals surface area contributed by atoms with E-state index in [1.807, 2.05) is 0 Å². The van der Waals surface area contributed by atoms with Crippen LogP contribution in [0.4, 0.5) is 21.5 Å². The summed E-state index contributed by atoms with van der Waals surface area (Å²) in [6.07, 6.45) is 1.47. The molecule has 4 rings (SSSR count). The fraction of sp³-hybridized carbons (Fsp3) is 0.0909. The van der Waals surface area contributed by atoms with Gasteiger partial charge in [-0.25, -0.2) is 4.39 Å². The van der Waals surface area contributed by atoms with Crippen LogP contribution >= 0.6 is 11.8 Å². The van der Waals surface area contributed by atoms with Crippen molar-refractivity contribution in [3.63, 3.8) is 0 Å². The summed E-state index contributed by atoms with van der Waals surface area (Å²) in [6, 6.07) is 27.8. The number of amides is 4. The van der Waals surface area contributed by atoms with Gasteiger partial charge in [-0.3, -0.25) is 19.2 Å². The van der Waals surface area contributed by atoms with Crippen LogP contribution in [0.2, 0.25) is 0 Å². The third kappa shape index (κ3) is 9.40. The van der Waals surface area contributed by atoms with E-state index in [2.05, 4.69) is 21.3 Å². The van der Waals surface area contributed by atoms with Gasteiger partial charge in [-0.1, -0.05) is 30.3 Å². The number of hydrogen-bond donors (Lipinski definition) is 4. The molecule has 4 amide bonds. The van der Waals surface area contributed by atoms with Crippen LogP contribution in [0.25, 0.3) is 6.08 Å². The zero-order chi connectivity index (χ0) is 30.8. The molecule has 4 aromatic rings. The van der Waals surface area contributed by atoms with Gasteiger partial charge >= 0.3 is 0 Å². The van der Waals surface area contributed by atoms with Crippen LogP contribution in [0, 0.1) is 5.82 Å². The van der Waals surface area contributed by atoms with Gasteiger partial charge in [-0.15, -0.1) is 11.8 Å². The van der Waals surface area contributed by atoms with Crippen LogP contribution < -0.4 is 21.3 Å². The normalized spacial score (nSPS) is 11.7. The molecule has 4 N–H and O–H groups in total. The van der Waals surface area contributed by atoms with Crippen LogP contribution in [0.5, 0.6) is 0 Å². The Bertz CT molecular complexity index is 1620. The Morgan fingerprint density at radius 3 is 1.88 bits per heavy atom. The second-order valence-corrected chi connectivity index (χ2v) is 10.8. The quantitative estimate of drug-likeness (QED) is 0.126. The summed E-state index contributed by atoms with van der Waals surface area (Å²) in [5.41, 5.74) is 2.61. The van der Waals surface area contributed by atoms with Crippen LogP contribution in [0.1, 0.15) is 29.8 Å². The highest BCUT2D eigenvalue weighted by Crippen LogP contribution is 2.26. The average Bonchev–Trinajstić information content (AvgIpc) is 3.00. The molecule has 0 saturated heterocycles. The van der Waals surface area contributed by atoms with Gasteiger partial charge in [0.1, 0.15) is 11.5 Å². The standard InChI is InChI=1S/C33H29FN4O4S/c1-21(31(40)36-27-14-12-26(13-15-27)35-22(2)39)43-29-18-16-28(17-19-29)37-33(42)30(20-23-8-10-25(34)11-9-23)38-32(41)24-6-4-3-5-7-24/h3-21H,1-2H3,(H,35,39)(H,36,40)(H,37,42)(H,38,41)/b30-20-. The lowest BCUT2D eigenvalue weighted by Crippen LogP contribution is -2.30. The summed E-state index contributed by atoms with van der Waals surface area (Å²) in [4.78, 5) is 50.7. The summed E-state index contributed by atoms with van der Waals surface area (Å²) < 4.78 is 13.4. The second kappa shape index (κ2) is 14.6. The smallest absolute Gasteiger partial charge is 0.272 e. The molecule has 10 heteroatoms. The van der Waals surface area contributed by atoms with Crippen molar-refractivity contribution in [2.75, 3.05) is 16.0 Å². The lowest BCUT2D eigenvalue weighted by Gasteiger charge is -2.14. The van der Waals surface area contributed by atoms with Gasteiger partial charge in [-0.2, -0.15) is 0 Å². The number of carbonyl (C=O) groups is 4. The van der Waals surface area contributed by atoms with E-state index in [9.17, 15) is 23.6 Å². The highest BCUT2D eigenvalue weighted by Gasteiger charge is 2.17. The van der Waals surface area contributed by atoms with Gasteiger partial charge in [0.05, 0.1) is 5.25 Å². The topological polar surface area (TPSA) is 116 Å². The van der Waals surface area contributed by atoms with Crippen LogP contribution in [0.15, 0.2) is 114 Å². The minimum Gasteiger partial charge on any atom is -0.326 e. The zero-order valence-corrected chi connectivity index (χ0v) is 24.2. The van der Waals surface area contributed by atoms with E-state index >= 15 is 0 Å². The van der Waals surface area contributed by atoms with Crippen molar-refractivity contribution in [3.8, 4) is 0 Å². The van der Waals surface area contributed by atoms with Crippen molar-refractivity contribution in [2.24, 2.45) is 0 Å². The number of benzene rings is 4. The Morgan fingerprint density at radius 2 is 1.28 bits per heavy atom. The summed E-state index contributed by atoms with van der Waals surface area (Å²) in [7, 11) is 0. The SMILES string of the molecule is CC(=O)Nc1ccc(NC(=O)C(C)Sc2ccc(NC(=O)/C(=C/c3ccc(F)cc3)NC(=O)c3ccccc3)cc2)cc1. The third-order valence-corrected chi connectivity index (χ3v) is 7.09. The lowest BCUT2D eigenvalue weighted by atomic mass is 10.1. The maximum atomic E-state index is 13.4. The Kier molecular flexibility index (Phi) is 10.4. The molecule has 0 heterocycles. The van der Waals surface area contributed by atoms with E-state index < -0.39 is 22.9 Å². The van der Waals surface area contributed by atoms with Gasteiger partial charge in [0, 0.05) is 34.4 Å². The van der Waals surface area contributed by atoms with Gasteiger partial charge < -0.3 is 21.3 Å². The minimum absolute atomic E-state index is 0.0192. The zero-order valence-electron chi connectivity index (χ0n) is 23.4. The Morgan fingerprint density at radius 1 is 0.721 bits per heavy atom. The molecule has 43 heavy (non-hydrogen) atoms. The molecular weight excluding hydrogens is 567 g/mol. The molecule has 0 fully saturated rings. The predicted octanol–water partition coefficient (Wildman–Crippen LogP) is 6.31. The largest absolute Gasteiger partial charge is 0.326 e. The number of anilines is 3. The van der Waals surface area contributed by atoms with Gasteiger partial charge in [0.15, 0.2) is 0 Å². The molecule has 0 spiro atoms. The van der Waals surface area contributed by atoms with Crippen LogP contribution in [0.3, 0.4) is 0 Å². The molecule has 1 atom stereocenters. The summed E-state index contributed by atoms with van der Waals surface area (Å²) >= 11 is 1.34. The number of hydrogen-bond acceptors (Lipinski definition) is 5. The fourth-order valence-corrected chi connectivity index (χ4v) is 4.69. The Balaban J connectivity index is 1.39. The molecule has 8 nitrogen and oxygen atoms in total. The first kappa shape index (κ1) is 30.7. The molecule has 0 aliphatic heterocycles. The first-order valence-corrected chi connectivity index (χ1v) is 14.1. The van der Waals surface area contributed by atoms with E-state index in [0.29, 0.717) is 28.2 Å². The maximum absolute atomic E-state index is 13.4. The predicted molar refractivity (Wildman–Crippen MR) is 168 cm³/mol. The molecule has 218 valence electrons. The van der Waals surface area contributed by atoms with Crippen molar-refractivity contribution < 1.29 is 23.6 Å². The highest BCUT2D eigenvalue weighted by atomic mass is 32.2. The van der Waals surface area contributed by atoms with Crippen molar-refractivity contribution in [3.05, 3.63) is 126 Å². The lowest BCUT2D eigenvalue weighted by molar-refractivity contribution is -0.115. The molecule has 0 bridgehead atoms. The molecule has 1 unspecified atom stereocenters. The third-order valence-electron chi connectivity index (χ3n) is 5.98. The number of carbonyl (C=O) groups excluding carboxylic acids is 4. The first-order chi connectivity index (χ1) is 20.7. The molecule has 4 aromatic carbocycles. The average molecular weight is 597 g/mol.